The van der Waals surface area contributed by atoms with Crippen molar-refractivity contribution in [2.75, 3.05) is 11.3 Å². The number of nitrogens with one attached hydrogen (secondary N) is 1. The van der Waals surface area contributed by atoms with E-state index in [1.54, 1.807) is 37.3 Å². The van der Waals surface area contributed by atoms with Crippen LogP contribution in [0.1, 0.15) is 22.6 Å². The van der Waals surface area contributed by atoms with E-state index < -0.39 is 10.0 Å². The first-order valence-corrected chi connectivity index (χ1v) is 12.8. The molecule has 32 heavy (non-hydrogen) atoms. The van der Waals surface area contributed by atoms with Crippen LogP contribution in [-0.4, -0.2) is 31.0 Å². The number of anilines is 1. The highest BCUT2D eigenvalue weighted by atomic mass is 35.5. The second-order valence-corrected chi connectivity index (χ2v) is 11.1. The SMILES string of the molecule is Cc1nnc(NS(=O)(=O)c2ccc3c(c2)CC(CCOc2ccc(Cl)cc2Cl)C(=O)C3)s1. The smallest absolute Gasteiger partial charge is 0.263 e. The Morgan fingerprint density at radius 1 is 1.16 bits per heavy atom. The average Bonchev–Trinajstić information content (AvgIpc) is 3.13. The minimum Gasteiger partial charge on any atom is -0.492 e. The topological polar surface area (TPSA) is 98.2 Å². The molecule has 0 saturated heterocycles. The second kappa shape index (κ2) is 9.35. The highest BCUT2D eigenvalue weighted by molar-refractivity contribution is 7.93. The van der Waals surface area contributed by atoms with E-state index in [0.29, 0.717) is 40.3 Å². The molecule has 1 N–H and O–H groups in total. The van der Waals surface area contributed by atoms with Gasteiger partial charge < -0.3 is 4.74 Å². The molecule has 0 spiro atoms. The Balaban J connectivity index is 1.44. The molecule has 4 rings (SSSR count). The van der Waals surface area contributed by atoms with Crippen LogP contribution in [0.5, 0.6) is 5.75 Å². The van der Waals surface area contributed by atoms with Crippen LogP contribution in [0.4, 0.5) is 5.13 Å². The van der Waals surface area contributed by atoms with Crippen LogP contribution in [0.3, 0.4) is 0 Å². The molecule has 2 aromatic carbocycles. The number of carbonyl (C=O) groups is 1. The number of benzene rings is 2. The number of halogens is 2. The van der Waals surface area contributed by atoms with Crippen molar-refractivity contribution < 1.29 is 17.9 Å². The van der Waals surface area contributed by atoms with Gasteiger partial charge in [0.25, 0.3) is 10.0 Å². The van der Waals surface area contributed by atoms with Crippen LogP contribution >= 0.6 is 34.5 Å². The molecule has 0 saturated carbocycles. The third-order valence-corrected chi connectivity index (χ3v) is 7.89. The molecule has 3 aromatic rings. The van der Waals surface area contributed by atoms with Crippen molar-refractivity contribution in [2.45, 2.75) is 31.1 Å². The van der Waals surface area contributed by atoms with Gasteiger partial charge in [0.2, 0.25) is 5.13 Å². The first-order valence-electron chi connectivity index (χ1n) is 9.76. The van der Waals surface area contributed by atoms with Crippen LogP contribution in [0, 0.1) is 12.8 Å². The Kier molecular flexibility index (Phi) is 6.71. The van der Waals surface area contributed by atoms with Gasteiger partial charge in [0.05, 0.1) is 16.5 Å². The number of Topliss-reactive ketones (excluding diaryl/α,β-unsaturated/α-hetero) is 1. The summed E-state index contributed by atoms with van der Waals surface area (Å²) in [7, 11) is -3.80. The minimum atomic E-state index is -3.80. The lowest BCUT2D eigenvalue weighted by atomic mass is 9.81. The van der Waals surface area contributed by atoms with Crippen molar-refractivity contribution in [1.82, 2.24) is 10.2 Å². The van der Waals surface area contributed by atoms with E-state index in [2.05, 4.69) is 14.9 Å². The lowest BCUT2D eigenvalue weighted by molar-refractivity contribution is -0.123. The number of aryl methyl sites for hydroxylation is 1. The van der Waals surface area contributed by atoms with E-state index in [-0.39, 0.29) is 28.1 Å². The maximum absolute atomic E-state index is 12.7. The van der Waals surface area contributed by atoms with E-state index >= 15 is 0 Å². The van der Waals surface area contributed by atoms with Gasteiger partial charge in [-0.25, -0.2) is 8.42 Å². The number of nitrogens with zero attached hydrogens (tertiary/aromatic N) is 2. The standard InChI is InChI=1S/C21H19Cl2N3O4S2/c1-12-24-25-21(31-12)26-32(28,29)17-4-2-13-10-19(27)14(8-15(13)9-17)6-7-30-20-5-3-16(22)11-18(20)23/h2-5,9,11,14H,6-8,10H2,1H3,(H,25,26). The quantitative estimate of drug-likeness (QED) is 0.493. The van der Waals surface area contributed by atoms with Gasteiger partial charge in [-0.3, -0.25) is 9.52 Å². The molecule has 1 aromatic heterocycles. The van der Waals surface area contributed by atoms with Gasteiger partial charge in [-0.05, 0) is 61.2 Å². The van der Waals surface area contributed by atoms with Crippen molar-refractivity contribution in [3.63, 3.8) is 0 Å². The van der Waals surface area contributed by atoms with E-state index in [0.717, 1.165) is 22.5 Å². The molecule has 168 valence electrons. The van der Waals surface area contributed by atoms with Gasteiger partial charge in [0, 0.05) is 17.4 Å². The second-order valence-electron chi connectivity index (χ2n) is 7.42. The zero-order valence-corrected chi connectivity index (χ0v) is 20.1. The number of ether oxygens (including phenoxy) is 1. The fraction of sp³-hybridized carbons (Fsp3) is 0.286. The molecule has 0 fully saturated rings. The zero-order chi connectivity index (χ0) is 22.9. The maximum atomic E-state index is 12.7. The summed E-state index contributed by atoms with van der Waals surface area (Å²) >= 11 is 13.2. The van der Waals surface area contributed by atoms with Crippen LogP contribution in [0.25, 0.3) is 0 Å². The highest BCUT2D eigenvalue weighted by Gasteiger charge is 2.28. The molecule has 1 heterocycles. The van der Waals surface area contributed by atoms with Crippen LogP contribution in [-0.2, 0) is 27.7 Å². The van der Waals surface area contributed by atoms with Crippen LogP contribution in [0.15, 0.2) is 41.3 Å². The lowest BCUT2D eigenvalue weighted by Crippen LogP contribution is -2.27. The van der Waals surface area contributed by atoms with Crippen molar-refractivity contribution >= 4 is 55.5 Å². The summed E-state index contributed by atoms with van der Waals surface area (Å²) in [5.41, 5.74) is 1.69. The number of hydrogen-bond acceptors (Lipinski definition) is 7. The molecule has 0 radical (unpaired) electrons. The molecule has 0 bridgehead atoms. The monoisotopic (exact) mass is 511 g/mol. The molecule has 11 heteroatoms. The van der Waals surface area contributed by atoms with E-state index in [1.807, 2.05) is 0 Å². The molecule has 1 aliphatic carbocycles. The summed E-state index contributed by atoms with van der Waals surface area (Å²) in [5, 5.41) is 9.43. The normalized spacial score (nSPS) is 16.0. The van der Waals surface area contributed by atoms with E-state index in [9.17, 15) is 13.2 Å². The van der Waals surface area contributed by atoms with Gasteiger partial charge >= 0.3 is 0 Å². The third kappa shape index (κ3) is 5.23. The highest BCUT2D eigenvalue weighted by Crippen LogP contribution is 2.30. The van der Waals surface area contributed by atoms with Gasteiger partial charge in [0.15, 0.2) is 0 Å². The number of fused-ring (bicyclic) bond motifs is 1. The summed E-state index contributed by atoms with van der Waals surface area (Å²) in [4.78, 5) is 12.7. The van der Waals surface area contributed by atoms with Gasteiger partial charge in [0.1, 0.15) is 16.5 Å². The number of ketones is 1. The number of carbonyl (C=O) groups excluding carboxylic acids is 1. The number of rotatable bonds is 7. The molecule has 7 nitrogen and oxygen atoms in total. The van der Waals surface area contributed by atoms with Gasteiger partial charge in [-0.15, -0.1) is 10.2 Å². The Bertz CT molecular complexity index is 1280. The predicted octanol–water partition coefficient (Wildman–Crippen LogP) is 4.71. The third-order valence-electron chi connectivity index (χ3n) is 5.14. The van der Waals surface area contributed by atoms with Crippen LogP contribution in [0.2, 0.25) is 10.0 Å². The molecule has 1 atom stereocenters. The summed E-state index contributed by atoms with van der Waals surface area (Å²) in [6, 6.07) is 9.80. The van der Waals surface area contributed by atoms with Crippen molar-refractivity contribution in [3.8, 4) is 5.75 Å². The van der Waals surface area contributed by atoms with E-state index in [4.69, 9.17) is 27.9 Å². The average molecular weight is 512 g/mol. The van der Waals surface area contributed by atoms with Crippen LogP contribution < -0.4 is 9.46 Å². The largest absolute Gasteiger partial charge is 0.492 e. The van der Waals surface area contributed by atoms with Crippen molar-refractivity contribution in [1.29, 1.82) is 0 Å². The lowest BCUT2D eigenvalue weighted by Gasteiger charge is -2.24. The molecular weight excluding hydrogens is 493 g/mol. The Morgan fingerprint density at radius 3 is 2.69 bits per heavy atom. The zero-order valence-electron chi connectivity index (χ0n) is 17.0. The fourth-order valence-corrected chi connectivity index (χ4v) is 5.86. The summed E-state index contributed by atoms with van der Waals surface area (Å²) < 4.78 is 33.7. The Morgan fingerprint density at radius 2 is 1.97 bits per heavy atom. The molecule has 1 unspecified atom stereocenters. The first kappa shape index (κ1) is 23.0. The molecule has 0 aliphatic heterocycles. The summed E-state index contributed by atoms with van der Waals surface area (Å²) in [5.74, 6) is 0.359. The molecule has 1 aliphatic rings. The Hall–Kier alpha value is -2.20. The van der Waals surface area contributed by atoms with Gasteiger partial charge in [-0.2, -0.15) is 0 Å². The summed E-state index contributed by atoms with van der Waals surface area (Å²) in [6.07, 6.45) is 1.22. The van der Waals surface area contributed by atoms with Gasteiger partial charge in [-0.1, -0.05) is 40.6 Å². The molecular formula is C21H19Cl2N3O4S2. The minimum absolute atomic E-state index is 0.112. The fourth-order valence-electron chi connectivity index (χ4n) is 3.52. The number of hydrogen-bond donors (Lipinski definition) is 1. The molecule has 0 amide bonds. The predicted molar refractivity (Wildman–Crippen MR) is 124 cm³/mol. The Labute approximate surface area is 199 Å². The number of sulfonamides is 1. The number of aromatic nitrogens is 2. The summed E-state index contributed by atoms with van der Waals surface area (Å²) in [6.45, 7) is 2.05. The van der Waals surface area contributed by atoms with Crippen molar-refractivity contribution in [3.05, 3.63) is 62.6 Å². The maximum Gasteiger partial charge on any atom is 0.263 e. The first-order chi connectivity index (χ1) is 15.2. The van der Waals surface area contributed by atoms with Crippen molar-refractivity contribution in [2.24, 2.45) is 5.92 Å². The van der Waals surface area contributed by atoms with E-state index in [1.165, 1.54) is 6.07 Å².